The van der Waals surface area contributed by atoms with Crippen molar-refractivity contribution < 1.29 is 8.78 Å². The van der Waals surface area contributed by atoms with Crippen LogP contribution in [-0.2, 0) is 6.42 Å². The van der Waals surface area contributed by atoms with Crippen LogP contribution in [0.5, 0.6) is 0 Å². The van der Waals surface area contributed by atoms with E-state index >= 15 is 0 Å². The zero-order valence-corrected chi connectivity index (χ0v) is 25.2. The second kappa shape index (κ2) is 13.3. The minimum Gasteiger partial charge on any atom is -0.291 e. The molecule has 4 aromatic rings. The molecule has 4 rings (SSSR count). The maximum Gasteiger partial charge on any atom is 0.181 e. The van der Waals surface area contributed by atoms with Crippen molar-refractivity contribution in [3.05, 3.63) is 67.8 Å². The first-order chi connectivity index (χ1) is 16.3. The highest BCUT2D eigenvalue weighted by molar-refractivity contribution is 9.11. The van der Waals surface area contributed by atoms with E-state index in [0.29, 0.717) is 32.1 Å². The fourth-order valence-electron chi connectivity index (χ4n) is 2.99. The Bertz CT molecular complexity index is 1280. The van der Waals surface area contributed by atoms with Crippen molar-refractivity contribution in [3.8, 4) is 11.5 Å². The summed E-state index contributed by atoms with van der Waals surface area (Å²) in [4.78, 5) is 18.1. The number of rotatable bonds is 4. The van der Waals surface area contributed by atoms with Crippen LogP contribution in [0.1, 0.15) is 36.2 Å². The lowest BCUT2D eigenvalue weighted by atomic mass is 10.1. The van der Waals surface area contributed by atoms with Gasteiger partial charge in [0.2, 0.25) is 0 Å². The van der Waals surface area contributed by atoms with E-state index < -0.39 is 11.6 Å². The average molecular weight is 651 g/mol. The van der Waals surface area contributed by atoms with E-state index in [4.69, 9.17) is 0 Å². The molecule has 5 nitrogen and oxygen atoms in total. The van der Waals surface area contributed by atoms with Gasteiger partial charge in [-0.1, -0.05) is 22.3 Å². The predicted octanol–water partition coefficient (Wildman–Crippen LogP) is 7.65. The predicted molar refractivity (Wildman–Crippen MR) is 150 cm³/mol. The van der Waals surface area contributed by atoms with Crippen LogP contribution in [0.3, 0.4) is 0 Å². The van der Waals surface area contributed by atoms with Crippen LogP contribution in [-0.4, -0.2) is 30.6 Å². The molecule has 0 amide bonds. The normalized spacial score (nSPS) is 10.4. The molecule has 3 heterocycles. The Labute approximate surface area is 226 Å². The van der Waals surface area contributed by atoms with Gasteiger partial charge in [0, 0.05) is 18.2 Å². The zero-order chi connectivity index (χ0) is 25.6. The molecule has 0 saturated heterocycles. The highest BCUT2D eigenvalue weighted by Gasteiger charge is 2.18. The number of hydrogen-bond donors (Lipinski definition) is 1. The van der Waals surface area contributed by atoms with Gasteiger partial charge in [-0.15, -0.1) is 11.8 Å². The fourth-order valence-corrected chi connectivity index (χ4v) is 4.46. The van der Waals surface area contributed by atoms with E-state index in [-0.39, 0.29) is 17.5 Å². The Morgan fingerprint density at radius 1 is 1.03 bits per heavy atom. The Hall–Kier alpha value is -1.13. The molecule has 182 valence electrons. The van der Waals surface area contributed by atoms with Crippen molar-refractivity contribution in [1.82, 2.24) is 24.3 Å². The summed E-state index contributed by atoms with van der Waals surface area (Å²) >= 11 is 11.8. The van der Waals surface area contributed by atoms with Crippen molar-refractivity contribution in [3.63, 3.8) is 0 Å². The molecule has 34 heavy (non-hydrogen) atoms. The van der Waals surface area contributed by atoms with Gasteiger partial charge in [-0.25, -0.2) is 28.7 Å². The molecule has 0 N–H and O–H groups in total. The molecule has 0 aliphatic carbocycles. The molecule has 12 heteroatoms. The van der Waals surface area contributed by atoms with Crippen LogP contribution in [0.15, 0.2) is 38.8 Å². The number of imidazole rings is 1. The van der Waals surface area contributed by atoms with Gasteiger partial charge in [0.15, 0.2) is 11.5 Å². The van der Waals surface area contributed by atoms with Crippen LogP contribution in [0.25, 0.3) is 17.2 Å². The molecule has 3 aromatic heterocycles. The highest BCUT2D eigenvalue weighted by atomic mass is 79.9. The maximum absolute atomic E-state index is 14.5. The highest BCUT2D eigenvalue weighted by Crippen LogP contribution is 2.28. The number of halogens is 4. The summed E-state index contributed by atoms with van der Waals surface area (Å²) < 4.78 is 31.7. The second-order valence-electron chi connectivity index (χ2n) is 6.69. The van der Waals surface area contributed by atoms with E-state index in [0.717, 1.165) is 10.6 Å². The zero-order valence-electron chi connectivity index (χ0n) is 19.2. The lowest BCUT2D eigenvalue weighted by molar-refractivity contribution is 0.581. The summed E-state index contributed by atoms with van der Waals surface area (Å²) in [5.41, 5.74) is 2.92. The van der Waals surface area contributed by atoms with Crippen molar-refractivity contribution in [2.24, 2.45) is 0 Å². The molecular weight excluding hydrogens is 627 g/mol. The first-order valence-electron chi connectivity index (χ1n) is 10.1. The van der Waals surface area contributed by atoms with Gasteiger partial charge in [-0.2, -0.15) is 12.2 Å². The van der Waals surface area contributed by atoms with Crippen molar-refractivity contribution >= 4 is 70.0 Å². The number of benzene rings is 1. The molecule has 1 unspecified atom stereocenters. The summed E-state index contributed by atoms with van der Waals surface area (Å²) in [6.45, 7) is 7.42. The molecular formula is C22H24Br2F2N5PS2. The summed E-state index contributed by atoms with van der Waals surface area (Å²) in [6, 6.07) is 2.41. The first-order valence-corrected chi connectivity index (χ1v) is 15.0. The number of fused-ring (bicyclic) bond motifs is 1. The third-order valence-electron chi connectivity index (χ3n) is 4.68. The van der Waals surface area contributed by atoms with Crippen LogP contribution in [0.4, 0.5) is 8.78 Å². The molecule has 0 spiro atoms. The third kappa shape index (κ3) is 6.35. The summed E-state index contributed by atoms with van der Waals surface area (Å²) in [6.07, 6.45) is 5.55. The summed E-state index contributed by atoms with van der Waals surface area (Å²) in [5.74, 6) is -0.534. The number of aryl methyl sites for hydroxylation is 1. The largest absolute Gasteiger partial charge is 0.291 e. The quantitative estimate of drug-likeness (QED) is 0.106. The Balaban J connectivity index is 0.000000970. The first kappa shape index (κ1) is 29.1. The monoisotopic (exact) mass is 649 g/mol. The molecule has 0 aliphatic rings. The number of hydrogen-bond acceptors (Lipinski definition) is 6. The molecule has 0 aliphatic heterocycles. The van der Waals surface area contributed by atoms with Crippen LogP contribution in [0, 0.1) is 25.5 Å². The SMILES string of the molecule is CC.CSc1cnc2c(Cc3cc(F)c(C)cc3F)nc(-c3nc(Br)c(C)c(Br)n3)cn12.PS. The van der Waals surface area contributed by atoms with Gasteiger partial charge in [0.05, 0.1) is 16.9 Å². The van der Waals surface area contributed by atoms with E-state index in [2.05, 4.69) is 72.5 Å². The van der Waals surface area contributed by atoms with Gasteiger partial charge in [0.25, 0.3) is 0 Å². The minimum absolute atomic E-state index is 0.0827. The standard InChI is InChI=1S/C20H15Br2F2N5S.C2H6.H3PS/c1-9-4-13(24)11(5-12(9)23)6-14-20-25-7-16(30-3)29(20)8-15(26-14)19-27-17(21)10(2)18(22)28-19;2*1-2/h4-5,7-8H,6H2,1-3H3;1-2H3;2H,1H2. The minimum atomic E-state index is -0.479. The van der Waals surface area contributed by atoms with Crippen LogP contribution in [0.2, 0.25) is 0 Å². The third-order valence-corrected chi connectivity index (χ3v) is 6.94. The Morgan fingerprint density at radius 3 is 2.24 bits per heavy atom. The summed E-state index contributed by atoms with van der Waals surface area (Å²) in [5, 5.41) is 0.885. The fraction of sp³-hybridized carbons (Fsp3) is 0.273. The van der Waals surface area contributed by atoms with E-state index in [9.17, 15) is 8.78 Å². The molecule has 0 bridgehead atoms. The lowest BCUT2D eigenvalue weighted by Gasteiger charge is -2.11. The summed E-state index contributed by atoms with van der Waals surface area (Å²) in [7, 11) is 2.11. The average Bonchev–Trinajstić information content (AvgIpc) is 3.26. The number of nitrogens with zero attached hydrogens (tertiary/aromatic N) is 5. The van der Waals surface area contributed by atoms with Gasteiger partial charge < -0.3 is 0 Å². The van der Waals surface area contributed by atoms with E-state index in [1.54, 1.807) is 12.4 Å². The Morgan fingerprint density at radius 2 is 1.65 bits per heavy atom. The Kier molecular flexibility index (Phi) is 11.3. The van der Waals surface area contributed by atoms with Gasteiger partial charge >= 0.3 is 0 Å². The van der Waals surface area contributed by atoms with Gasteiger partial charge in [-0.3, -0.25) is 4.40 Å². The maximum atomic E-state index is 14.5. The van der Waals surface area contributed by atoms with Crippen molar-refractivity contribution in [1.29, 1.82) is 0 Å². The van der Waals surface area contributed by atoms with Crippen molar-refractivity contribution in [2.45, 2.75) is 39.1 Å². The van der Waals surface area contributed by atoms with E-state index in [1.807, 2.05) is 31.4 Å². The molecule has 0 fully saturated rings. The van der Waals surface area contributed by atoms with Gasteiger partial charge in [-0.05, 0) is 75.2 Å². The topological polar surface area (TPSA) is 56.0 Å². The van der Waals surface area contributed by atoms with Crippen LogP contribution < -0.4 is 0 Å². The van der Waals surface area contributed by atoms with Crippen molar-refractivity contribution in [2.75, 3.05) is 6.26 Å². The molecule has 1 aromatic carbocycles. The number of thiol groups is 1. The van der Waals surface area contributed by atoms with Gasteiger partial charge in [0.1, 0.15) is 26.5 Å². The second-order valence-corrected chi connectivity index (χ2v) is 9.02. The number of thioether (sulfide) groups is 1. The molecule has 0 saturated carbocycles. The molecule has 0 radical (unpaired) electrons. The van der Waals surface area contributed by atoms with E-state index in [1.165, 1.54) is 30.8 Å². The smallest absolute Gasteiger partial charge is 0.181 e. The van der Waals surface area contributed by atoms with Crippen LogP contribution >= 0.6 is 64.3 Å². The lowest BCUT2D eigenvalue weighted by Crippen LogP contribution is -2.05. The molecule has 1 atom stereocenters. The number of aromatic nitrogens is 5.